The molecule has 0 spiro atoms. The van der Waals surface area contributed by atoms with E-state index in [4.69, 9.17) is 0 Å². The van der Waals surface area contributed by atoms with Crippen molar-refractivity contribution in [2.75, 3.05) is 12.3 Å². The molecule has 0 aromatic rings. The molecule has 1 saturated heterocycles. The maximum Gasteiger partial charge on any atom is 0.0168 e. The molecule has 2 heteroatoms. The van der Waals surface area contributed by atoms with Gasteiger partial charge in [-0.2, -0.15) is 11.8 Å². The average Bonchev–Trinajstić information content (AvgIpc) is 2.45. The summed E-state index contributed by atoms with van der Waals surface area (Å²) in [5, 5.41) is 4.44. The Morgan fingerprint density at radius 1 is 1.58 bits per heavy atom. The van der Waals surface area contributed by atoms with Gasteiger partial charge in [0.2, 0.25) is 0 Å². The first-order valence-electron chi connectivity index (χ1n) is 4.79. The first kappa shape index (κ1) is 10.1. The van der Waals surface area contributed by atoms with Gasteiger partial charge in [-0.1, -0.05) is 19.1 Å². The van der Waals surface area contributed by atoms with Crippen molar-refractivity contribution in [3.63, 3.8) is 0 Å². The van der Waals surface area contributed by atoms with Crippen LogP contribution >= 0.6 is 11.8 Å². The van der Waals surface area contributed by atoms with Gasteiger partial charge in [-0.15, -0.1) is 0 Å². The highest BCUT2D eigenvalue weighted by molar-refractivity contribution is 8.00. The third-order valence-corrected chi connectivity index (χ3v) is 3.53. The van der Waals surface area contributed by atoms with Crippen LogP contribution in [0.1, 0.15) is 26.7 Å². The Kier molecular flexibility index (Phi) is 4.77. The molecule has 70 valence electrons. The topological polar surface area (TPSA) is 12.0 Å². The standard InChI is InChI=1S/C10H19NS/c1-3-4-5-6-11-10-7-9(2)12-8-10/h3-4,9-11H,5-8H2,1-2H3/b4-3+. The third kappa shape index (κ3) is 3.63. The quantitative estimate of drug-likeness (QED) is 0.533. The van der Waals surface area contributed by atoms with Crippen LogP contribution in [0, 0.1) is 0 Å². The van der Waals surface area contributed by atoms with E-state index in [0.717, 1.165) is 17.8 Å². The molecular weight excluding hydrogens is 166 g/mol. The molecule has 1 nitrogen and oxygen atoms in total. The van der Waals surface area contributed by atoms with Crippen molar-refractivity contribution in [3.8, 4) is 0 Å². The Morgan fingerprint density at radius 3 is 3.00 bits per heavy atom. The monoisotopic (exact) mass is 185 g/mol. The number of hydrogen-bond donors (Lipinski definition) is 1. The normalized spacial score (nSPS) is 30.2. The number of hydrogen-bond acceptors (Lipinski definition) is 2. The summed E-state index contributed by atoms with van der Waals surface area (Å²) in [7, 11) is 0. The number of thioether (sulfide) groups is 1. The van der Waals surface area contributed by atoms with E-state index in [-0.39, 0.29) is 0 Å². The van der Waals surface area contributed by atoms with Crippen molar-refractivity contribution in [1.82, 2.24) is 5.32 Å². The summed E-state index contributed by atoms with van der Waals surface area (Å²) < 4.78 is 0. The van der Waals surface area contributed by atoms with Gasteiger partial charge in [0.05, 0.1) is 0 Å². The van der Waals surface area contributed by atoms with E-state index in [1.54, 1.807) is 0 Å². The first-order valence-corrected chi connectivity index (χ1v) is 5.84. The molecule has 1 heterocycles. The van der Waals surface area contributed by atoms with Gasteiger partial charge >= 0.3 is 0 Å². The van der Waals surface area contributed by atoms with Crippen LogP contribution < -0.4 is 5.32 Å². The van der Waals surface area contributed by atoms with E-state index in [0.29, 0.717) is 0 Å². The van der Waals surface area contributed by atoms with E-state index in [1.165, 1.54) is 18.6 Å². The molecule has 0 saturated carbocycles. The highest BCUT2D eigenvalue weighted by Gasteiger charge is 2.20. The van der Waals surface area contributed by atoms with E-state index in [1.807, 2.05) is 0 Å². The summed E-state index contributed by atoms with van der Waals surface area (Å²) >= 11 is 2.09. The Hall–Kier alpha value is 0.0500. The van der Waals surface area contributed by atoms with Gasteiger partial charge in [0.1, 0.15) is 0 Å². The highest BCUT2D eigenvalue weighted by Crippen LogP contribution is 2.25. The molecule has 1 aliphatic rings. The maximum atomic E-state index is 3.57. The number of nitrogens with one attached hydrogen (secondary N) is 1. The largest absolute Gasteiger partial charge is 0.313 e. The van der Waals surface area contributed by atoms with Gasteiger partial charge < -0.3 is 5.32 Å². The molecule has 0 aliphatic carbocycles. The van der Waals surface area contributed by atoms with Crippen molar-refractivity contribution in [2.45, 2.75) is 38.0 Å². The van der Waals surface area contributed by atoms with Crippen LogP contribution in [0.25, 0.3) is 0 Å². The Labute approximate surface area is 80.0 Å². The lowest BCUT2D eigenvalue weighted by Crippen LogP contribution is -2.29. The van der Waals surface area contributed by atoms with Crippen LogP contribution in [0.15, 0.2) is 12.2 Å². The lowest BCUT2D eigenvalue weighted by Gasteiger charge is -2.09. The molecule has 2 atom stereocenters. The minimum atomic E-state index is 0.773. The summed E-state index contributed by atoms with van der Waals surface area (Å²) in [5.74, 6) is 1.30. The lowest BCUT2D eigenvalue weighted by atomic mass is 10.2. The molecule has 0 radical (unpaired) electrons. The van der Waals surface area contributed by atoms with Crippen LogP contribution in [0.5, 0.6) is 0 Å². The van der Waals surface area contributed by atoms with E-state index in [2.05, 4.69) is 43.1 Å². The van der Waals surface area contributed by atoms with E-state index < -0.39 is 0 Å². The second-order valence-corrected chi connectivity index (χ2v) is 4.86. The van der Waals surface area contributed by atoms with Crippen LogP contribution in [0.4, 0.5) is 0 Å². The van der Waals surface area contributed by atoms with E-state index >= 15 is 0 Å². The zero-order valence-electron chi connectivity index (χ0n) is 8.05. The molecule has 1 aliphatic heterocycles. The van der Waals surface area contributed by atoms with Gasteiger partial charge in [0, 0.05) is 17.0 Å². The van der Waals surface area contributed by atoms with Crippen molar-refractivity contribution < 1.29 is 0 Å². The highest BCUT2D eigenvalue weighted by atomic mass is 32.2. The van der Waals surface area contributed by atoms with Gasteiger partial charge in [-0.25, -0.2) is 0 Å². The molecular formula is C10H19NS. The molecule has 0 bridgehead atoms. The Bertz CT molecular complexity index is 145. The first-order chi connectivity index (χ1) is 5.83. The lowest BCUT2D eigenvalue weighted by molar-refractivity contribution is 0.544. The van der Waals surface area contributed by atoms with Crippen LogP contribution in [0.3, 0.4) is 0 Å². The molecule has 0 aromatic carbocycles. The van der Waals surface area contributed by atoms with Gasteiger partial charge in [-0.05, 0) is 26.3 Å². The maximum absolute atomic E-state index is 3.57. The fourth-order valence-electron chi connectivity index (χ4n) is 1.50. The predicted octanol–water partition coefficient (Wildman–Crippen LogP) is 2.44. The van der Waals surface area contributed by atoms with Crippen LogP contribution in [-0.2, 0) is 0 Å². The molecule has 0 amide bonds. The summed E-state index contributed by atoms with van der Waals surface area (Å²) in [4.78, 5) is 0. The van der Waals surface area contributed by atoms with Gasteiger partial charge in [-0.3, -0.25) is 0 Å². The molecule has 0 aromatic heterocycles. The fraction of sp³-hybridized carbons (Fsp3) is 0.800. The fourth-order valence-corrected chi connectivity index (χ4v) is 2.68. The molecule has 1 fully saturated rings. The number of rotatable bonds is 4. The second-order valence-electron chi connectivity index (χ2n) is 3.39. The van der Waals surface area contributed by atoms with Crippen molar-refractivity contribution in [2.24, 2.45) is 0 Å². The predicted molar refractivity (Wildman–Crippen MR) is 57.8 cm³/mol. The summed E-state index contributed by atoms with van der Waals surface area (Å²) in [6.07, 6.45) is 6.86. The smallest absolute Gasteiger partial charge is 0.0168 e. The van der Waals surface area contributed by atoms with Gasteiger partial charge in [0.25, 0.3) is 0 Å². The SMILES string of the molecule is C/C=C/CCNC1CSC(C)C1. The van der Waals surface area contributed by atoms with Crippen molar-refractivity contribution in [1.29, 1.82) is 0 Å². The molecule has 12 heavy (non-hydrogen) atoms. The summed E-state index contributed by atoms with van der Waals surface area (Å²) in [5.41, 5.74) is 0. The Morgan fingerprint density at radius 2 is 2.42 bits per heavy atom. The third-order valence-electron chi connectivity index (χ3n) is 2.18. The zero-order valence-corrected chi connectivity index (χ0v) is 8.86. The second kappa shape index (κ2) is 5.65. The summed E-state index contributed by atoms with van der Waals surface area (Å²) in [6.45, 7) is 5.54. The molecule has 1 N–H and O–H groups in total. The minimum Gasteiger partial charge on any atom is -0.313 e. The van der Waals surface area contributed by atoms with Crippen LogP contribution in [-0.4, -0.2) is 23.6 Å². The Balaban J connectivity index is 2.00. The van der Waals surface area contributed by atoms with Crippen molar-refractivity contribution >= 4 is 11.8 Å². The average molecular weight is 185 g/mol. The zero-order chi connectivity index (χ0) is 8.81. The van der Waals surface area contributed by atoms with Gasteiger partial charge in [0.15, 0.2) is 0 Å². The molecule has 1 rings (SSSR count). The molecule has 2 unspecified atom stereocenters. The van der Waals surface area contributed by atoms with E-state index in [9.17, 15) is 0 Å². The summed E-state index contributed by atoms with van der Waals surface area (Å²) in [6, 6.07) is 0.773. The van der Waals surface area contributed by atoms with Crippen molar-refractivity contribution in [3.05, 3.63) is 12.2 Å². The minimum absolute atomic E-state index is 0.773. The number of allylic oxidation sites excluding steroid dienone is 1. The van der Waals surface area contributed by atoms with Crippen LogP contribution in [0.2, 0.25) is 0 Å².